The fourth-order valence-electron chi connectivity index (χ4n) is 1.63. The summed E-state index contributed by atoms with van der Waals surface area (Å²) in [5.41, 5.74) is 0.956. The zero-order chi connectivity index (χ0) is 16.2. The third-order valence-electron chi connectivity index (χ3n) is 1.93. The molecule has 1 aromatic rings. The van der Waals surface area contributed by atoms with Crippen molar-refractivity contribution in [1.82, 2.24) is 0 Å². The molecule has 0 saturated carbocycles. The number of rotatable bonds is 3. The molecular weight excluding hydrogens is 308 g/mol. The Bertz CT molecular complexity index is 499. The van der Waals surface area contributed by atoms with E-state index in [0.29, 0.717) is 0 Å². The van der Waals surface area contributed by atoms with Crippen LogP contribution in [0.2, 0.25) is 39.3 Å². The number of benzene rings is 1. The lowest BCUT2D eigenvalue weighted by atomic mass is 10.2. The van der Waals surface area contributed by atoms with Crippen molar-refractivity contribution in [3.63, 3.8) is 0 Å². The number of hydrogen-bond acceptors (Lipinski definition) is 3. The summed E-state index contributed by atoms with van der Waals surface area (Å²) in [4.78, 5) is -0.0666. The van der Waals surface area contributed by atoms with Crippen LogP contribution in [0.1, 0.15) is 5.56 Å². The van der Waals surface area contributed by atoms with E-state index in [1.807, 2.05) is 6.92 Å². The third kappa shape index (κ3) is 10.3. The molecule has 0 atom stereocenters. The van der Waals surface area contributed by atoms with Gasteiger partial charge < -0.3 is 4.12 Å². The van der Waals surface area contributed by atoms with Crippen LogP contribution < -0.4 is 0 Å². The van der Waals surface area contributed by atoms with Crippen molar-refractivity contribution in [2.75, 3.05) is 0 Å². The SMILES string of the molecule is C[Si](C)(C)O[Si](C)(C)C.Cc1ccc(S(=O)(=O)O)cc1. The normalized spacial score (nSPS) is 12.6. The molecule has 0 heterocycles. The van der Waals surface area contributed by atoms with Gasteiger partial charge in [0.2, 0.25) is 0 Å². The molecule has 0 unspecified atom stereocenters. The van der Waals surface area contributed by atoms with Gasteiger partial charge in [-0.1, -0.05) is 17.7 Å². The average Bonchev–Trinajstić information content (AvgIpc) is 2.11. The molecule has 0 amide bonds. The van der Waals surface area contributed by atoms with Gasteiger partial charge in [-0.3, -0.25) is 4.55 Å². The molecule has 1 aromatic carbocycles. The standard InChI is InChI=1S/C7H8O3S.C6H18OSi2/c1-6-2-4-7(5-3-6)11(8,9)10;1-8(2,3)7-9(4,5)6/h2-5H,1H3,(H,8,9,10);1-6H3. The maximum atomic E-state index is 10.5. The van der Waals surface area contributed by atoms with Crippen LogP contribution >= 0.6 is 0 Å². The summed E-state index contributed by atoms with van der Waals surface area (Å²) in [5.74, 6) is 0. The lowest BCUT2D eigenvalue weighted by molar-refractivity contribution is 0.483. The van der Waals surface area contributed by atoms with E-state index in [9.17, 15) is 8.42 Å². The van der Waals surface area contributed by atoms with E-state index in [2.05, 4.69) is 39.3 Å². The second-order valence-electron chi connectivity index (χ2n) is 6.61. The highest BCUT2D eigenvalue weighted by atomic mass is 32.2. The molecule has 0 radical (unpaired) electrons. The van der Waals surface area contributed by atoms with E-state index in [4.69, 9.17) is 8.67 Å². The van der Waals surface area contributed by atoms with Crippen molar-refractivity contribution in [1.29, 1.82) is 0 Å². The average molecular weight is 335 g/mol. The minimum Gasteiger partial charge on any atom is -0.456 e. The summed E-state index contributed by atoms with van der Waals surface area (Å²) >= 11 is 0. The van der Waals surface area contributed by atoms with Crippen molar-refractivity contribution in [3.8, 4) is 0 Å². The van der Waals surface area contributed by atoms with E-state index in [1.165, 1.54) is 12.1 Å². The molecule has 0 aliphatic carbocycles. The van der Waals surface area contributed by atoms with Gasteiger partial charge in [-0.25, -0.2) is 0 Å². The molecule has 4 nitrogen and oxygen atoms in total. The van der Waals surface area contributed by atoms with Crippen LogP contribution in [0.15, 0.2) is 29.2 Å². The molecule has 0 spiro atoms. The summed E-state index contributed by atoms with van der Waals surface area (Å²) < 4.78 is 35.5. The fraction of sp³-hybridized carbons (Fsp3) is 0.538. The van der Waals surface area contributed by atoms with Crippen LogP contribution in [-0.2, 0) is 14.2 Å². The summed E-state index contributed by atoms with van der Waals surface area (Å²) in [7, 11) is -6.48. The van der Waals surface area contributed by atoms with E-state index in [0.717, 1.165) is 5.56 Å². The lowest BCUT2D eigenvalue weighted by Crippen LogP contribution is -2.39. The van der Waals surface area contributed by atoms with Crippen molar-refractivity contribution in [3.05, 3.63) is 29.8 Å². The molecule has 116 valence electrons. The molecule has 1 rings (SSSR count). The number of aryl methyl sites for hydroxylation is 1. The van der Waals surface area contributed by atoms with Gasteiger partial charge in [0.15, 0.2) is 16.6 Å². The number of hydrogen-bond donors (Lipinski definition) is 1. The van der Waals surface area contributed by atoms with Gasteiger partial charge in [-0.15, -0.1) is 0 Å². The summed E-state index contributed by atoms with van der Waals surface area (Å²) in [6.07, 6.45) is 0. The van der Waals surface area contributed by atoms with Gasteiger partial charge in [-0.2, -0.15) is 8.42 Å². The second-order valence-corrected chi connectivity index (χ2v) is 17.3. The highest BCUT2D eigenvalue weighted by Crippen LogP contribution is 2.12. The molecule has 20 heavy (non-hydrogen) atoms. The van der Waals surface area contributed by atoms with Crippen LogP contribution in [0.5, 0.6) is 0 Å². The molecule has 0 aliphatic heterocycles. The van der Waals surface area contributed by atoms with E-state index >= 15 is 0 Å². The van der Waals surface area contributed by atoms with Gasteiger partial charge >= 0.3 is 0 Å². The summed E-state index contributed by atoms with van der Waals surface area (Å²) in [6.45, 7) is 15.3. The first-order chi connectivity index (χ1) is 8.71. The molecule has 7 heteroatoms. The molecule has 1 N–H and O–H groups in total. The minimum atomic E-state index is -4.02. The van der Waals surface area contributed by atoms with Crippen LogP contribution in [0.3, 0.4) is 0 Å². The Hall–Kier alpha value is -0.476. The quantitative estimate of drug-likeness (QED) is 0.672. The zero-order valence-corrected chi connectivity index (χ0v) is 16.2. The fourth-order valence-corrected chi connectivity index (χ4v) is 9.46. The van der Waals surface area contributed by atoms with Gasteiger partial charge in [0.25, 0.3) is 10.1 Å². The summed E-state index contributed by atoms with van der Waals surface area (Å²) in [6, 6.07) is 5.99. The maximum Gasteiger partial charge on any atom is 0.294 e. The van der Waals surface area contributed by atoms with Crippen molar-refractivity contribution < 1.29 is 17.1 Å². The second kappa shape index (κ2) is 6.99. The highest BCUT2D eigenvalue weighted by Gasteiger charge is 2.24. The van der Waals surface area contributed by atoms with Gasteiger partial charge in [0.05, 0.1) is 4.90 Å². The predicted molar refractivity (Wildman–Crippen MR) is 88.8 cm³/mol. The van der Waals surface area contributed by atoms with Crippen LogP contribution in [-0.4, -0.2) is 29.6 Å². The first kappa shape index (κ1) is 19.5. The van der Waals surface area contributed by atoms with Crippen LogP contribution in [0.25, 0.3) is 0 Å². The Kier molecular flexibility index (Phi) is 6.83. The smallest absolute Gasteiger partial charge is 0.294 e. The molecule has 0 aliphatic rings. The van der Waals surface area contributed by atoms with Crippen LogP contribution in [0.4, 0.5) is 0 Å². The van der Waals surface area contributed by atoms with Gasteiger partial charge in [0, 0.05) is 0 Å². The molecule has 0 aromatic heterocycles. The molecular formula is C13H26O4SSi2. The predicted octanol–water partition coefficient (Wildman–Crippen LogP) is 3.91. The largest absolute Gasteiger partial charge is 0.456 e. The molecule has 0 saturated heterocycles. The first-order valence-electron chi connectivity index (χ1n) is 6.45. The Morgan fingerprint density at radius 1 is 0.900 bits per heavy atom. The van der Waals surface area contributed by atoms with E-state index in [1.54, 1.807) is 12.1 Å². The Morgan fingerprint density at radius 2 is 1.25 bits per heavy atom. The minimum absolute atomic E-state index is 0.0666. The molecule has 0 bridgehead atoms. The summed E-state index contributed by atoms with van der Waals surface area (Å²) in [5, 5.41) is 0. The topological polar surface area (TPSA) is 63.6 Å². The Labute approximate surface area is 125 Å². The zero-order valence-electron chi connectivity index (χ0n) is 13.4. The van der Waals surface area contributed by atoms with Gasteiger partial charge in [-0.05, 0) is 58.3 Å². The van der Waals surface area contributed by atoms with Crippen molar-refractivity contribution in [2.24, 2.45) is 0 Å². The van der Waals surface area contributed by atoms with E-state index in [-0.39, 0.29) is 4.90 Å². The van der Waals surface area contributed by atoms with Crippen molar-refractivity contribution in [2.45, 2.75) is 51.1 Å². The third-order valence-corrected chi connectivity index (χ3v) is 7.70. The van der Waals surface area contributed by atoms with Crippen LogP contribution in [0, 0.1) is 6.92 Å². The van der Waals surface area contributed by atoms with Crippen molar-refractivity contribution >= 4 is 26.8 Å². The van der Waals surface area contributed by atoms with E-state index < -0.39 is 26.8 Å². The lowest BCUT2D eigenvalue weighted by Gasteiger charge is -2.27. The highest BCUT2D eigenvalue weighted by molar-refractivity contribution is 7.85. The van der Waals surface area contributed by atoms with Gasteiger partial charge in [0.1, 0.15) is 0 Å². The molecule has 0 fully saturated rings. The maximum absolute atomic E-state index is 10.5. The monoisotopic (exact) mass is 334 g/mol. The first-order valence-corrected chi connectivity index (χ1v) is 14.7. The Balaban J connectivity index is 0.000000370. The Morgan fingerprint density at radius 3 is 1.45 bits per heavy atom.